The van der Waals surface area contributed by atoms with E-state index in [0.717, 1.165) is 16.1 Å². The van der Waals surface area contributed by atoms with E-state index in [0.29, 0.717) is 10.6 Å². The maximum atomic E-state index is 12.5. The predicted octanol–water partition coefficient (Wildman–Crippen LogP) is 3.56. The molecule has 1 unspecified atom stereocenters. The second-order valence-electron chi connectivity index (χ2n) is 4.49. The predicted molar refractivity (Wildman–Crippen MR) is 75.5 cm³/mol. The first-order valence-electron chi connectivity index (χ1n) is 5.97. The van der Waals surface area contributed by atoms with Crippen LogP contribution in [0.1, 0.15) is 37.4 Å². The van der Waals surface area contributed by atoms with Gasteiger partial charge in [0.2, 0.25) is 0 Å². The van der Waals surface area contributed by atoms with Gasteiger partial charge in [-0.1, -0.05) is 29.8 Å². The minimum atomic E-state index is -0.751. The highest BCUT2D eigenvalue weighted by Crippen LogP contribution is 2.26. The number of carbonyl (C=O) groups is 1. The molecule has 2 aromatic rings. The van der Waals surface area contributed by atoms with Crippen LogP contribution in [0.4, 0.5) is 0 Å². The molecule has 4 heteroatoms. The maximum absolute atomic E-state index is 12.5. The number of carbonyl (C=O) groups excluding carboxylic acids is 1. The van der Waals surface area contributed by atoms with Gasteiger partial charge in [0.05, 0.1) is 21.6 Å². The van der Waals surface area contributed by atoms with E-state index in [2.05, 4.69) is 11.1 Å². The first-order chi connectivity index (χ1) is 9.02. The highest BCUT2D eigenvalue weighted by Gasteiger charge is 2.25. The van der Waals surface area contributed by atoms with Crippen LogP contribution in [0.5, 0.6) is 0 Å². The average Bonchev–Trinajstić information content (AvgIpc) is 2.69. The highest BCUT2D eigenvalue weighted by molar-refractivity contribution is 7.13. The van der Waals surface area contributed by atoms with Crippen molar-refractivity contribution in [1.82, 2.24) is 4.98 Å². The number of aromatic nitrogens is 1. The minimum Gasteiger partial charge on any atom is -0.291 e. The lowest BCUT2D eigenvalue weighted by Crippen LogP contribution is -2.11. The van der Waals surface area contributed by atoms with E-state index in [1.165, 1.54) is 11.3 Å². The van der Waals surface area contributed by atoms with Crippen LogP contribution >= 0.6 is 11.3 Å². The van der Waals surface area contributed by atoms with E-state index in [1.54, 1.807) is 6.92 Å². The average molecular weight is 270 g/mol. The Balaban J connectivity index is 2.41. The summed E-state index contributed by atoms with van der Waals surface area (Å²) < 4.78 is 0. The molecular formula is C15H14N2OS. The first kappa shape index (κ1) is 13.4. The third-order valence-corrected chi connectivity index (χ3v) is 3.98. The Kier molecular flexibility index (Phi) is 3.77. The molecule has 0 saturated carbocycles. The molecule has 3 nitrogen and oxygen atoms in total. The zero-order valence-corrected chi connectivity index (χ0v) is 11.9. The van der Waals surface area contributed by atoms with Gasteiger partial charge in [-0.2, -0.15) is 5.26 Å². The van der Waals surface area contributed by atoms with Gasteiger partial charge in [-0.15, -0.1) is 11.3 Å². The summed E-state index contributed by atoms with van der Waals surface area (Å²) in [4.78, 5) is 17.3. The summed E-state index contributed by atoms with van der Waals surface area (Å²) in [6, 6.07) is 9.63. The van der Waals surface area contributed by atoms with E-state index in [9.17, 15) is 10.1 Å². The maximum Gasteiger partial charge on any atom is 0.196 e. The molecule has 0 aliphatic heterocycles. The molecule has 19 heavy (non-hydrogen) atoms. The molecule has 0 amide bonds. The summed E-state index contributed by atoms with van der Waals surface area (Å²) in [7, 11) is 0. The Hall–Kier alpha value is -1.99. The fraction of sp³-hybridized carbons (Fsp3) is 0.267. The zero-order chi connectivity index (χ0) is 14.0. The number of hydrogen-bond acceptors (Lipinski definition) is 4. The number of nitriles is 1. The standard InChI is InChI=1S/C15H14N2OS/c1-9-5-4-6-12(7-9)13(8-16)14(18)15-10(2)17-11(3)19-15/h4-7,13H,1-3H3. The molecule has 0 bridgehead atoms. The SMILES string of the molecule is Cc1cccc(C(C#N)C(=O)c2sc(C)nc2C)c1. The Morgan fingerprint density at radius 1 is 1.37 bits per heavy atom. The van der Waals surface area contributed by atoms with Crippen molar-refractivity contribution in [1.29, 1.82) is 5.26 Å². The molecule has 1 aromatic heterocycles. The summed E-state index contributed by atoms with van der Waals surface area (Å²) in [5.41, 5.74) is 2.50. The fourth-order valence-electron chi connectivity index (χ4n) is 2.03. The van der Waals surface area contributed by atoms with E-state index in [1.807, 2.05) is 38.1 Å². The lowest BCUT2D eigenvalue weighted by Gasteiger charge is -2.08. The molecule has 1 heterocycles. The van der Waals surface area contributed by atoms with Gasteiger partial charge in [0.1, 0.15) is 5.92 Å². The van der Waals surface area contributed by atoms with Gasteiger partial charge in [-0.3, -0.25) is 4.79 Å². The summed E-state index contributed by atoms with van der Waals surface area (Å²) in [5, 5.41) is 10.2. The van der Waals surface area contributed by atoms with Crippen molar-refractivity contribution in [3.63, 3.8) is 0 Å². The van der Waals surface area contributed by atoms with Gasteiger partial charge in [0, 0.05) is 0 Å². The molecular weight excluding hydrogens is 256 g/mol. The second-order valence-corrected chi connectivity index (χ2v) is 5.69. The van der Waals surface area contributed by atoms with Crippen LogP contribution in [0, 0.1) is 32.1 Å². The first-order valence-corrected chi connectivity index (χ1v) is 6.79. The third kappa shape index (κ3) is 2.72. The second kappa shape index (κ2) is 5.33. The normalized spacial score (nSPS) is 11.9. The largest absolute Gasteiger partial charge is 0.291 e. The summed E-state index contributed by atoms with van der Waals surface area (Å²) in [6.07, 6.45) is 0. The summed E-state index contributed by atoms with van der Waals surface area (Å²) in [5.74, 6) is -0.908. The lowest BCUT2D eigenvalue weighted by molar-refractivity contribution is 0.0982. The van der Waals surface area contributed by atoms with Crippen LogP contribution in [-0.4, -0.2) is 10.8 Å². The Morgan fingerprint density at radius 3 is 2.63 bits per heavy atom. The van der Waals surface area contributed by atoms with E-state index >= 15 is 0 Å². The van der Waals surface area contributed by atoms with Crippen LogP contribution in [0.15, 0.2) is 24.3 Å². The molecule has 0 saturated heterocycles. The molecule has 1 aromatic carbocycles. The van der Waals surface area contributed by atoms with Gasteiger partial charge in [-0.05, 0) is 26.3 Å². The molecule has 0 spiro atoms. The van der Waals surface area contributed by atoms with Gasteiger partial charge in [0.15, 0.2) is 5.78 Å². The number of Topliss-reactive ketones (excluding diaryl/α,β-unsaturated/α-hetero) is 1. The fourth-order valence-corrected chi connectivity index (χ4v) is 2.92. The molecule has 0 N–H and O–H groups in total. The van der Waals surface area contributed by atoms with Crippen LogP contribution in [0.25, 0.3) is 0 Å². The zero-order valence-electron chi connectivity index (χ0n) is 11.1. The third-order valence-electron chi connectivity index (χ3n) is 2.89. The van der Waals surface area contributed by atoms with Crippen molar-refractivity contribution in [2.75, 3.05) is 0 Å². The van der Waals surface area contributed by atoms with Gasteiger partial charge in [0.25, 0.3) is 0 Å². The van der Waals surface area contributed by atoms with Crippen LogP contribution in [0.3, 0.4) is 0 Å². The lowest BCUT2D eigenvalue weighted by atomic mass is 9.94. The molecule has 1 atom stereocenters. The molecule has 0 radical (unpaired) electrons. The highest BCUT2D eigenvalue weighted by atomic mass is 32.1. The number of hydrogen-bond donors (Lipinski definition) is 0. The number of nitrogens with zero attached hydrogens (tertiary/aromatic N) is 2. The summed E-state index contributed by atoms with van der Waals surface area (Å²) in [6.45, 7) is 5.62. The van der Waals surface area contributed by atoms with Crippen LogP contribution in [0.2, 0.25) is 0 Å². The van der Waals surface area contributed by atoms with Crippen molar-refractivity contribution in [3.05, 3.63) is 51.0 Å². The quantitative estimate of drug-likeness (QED) is 0.801. The van der Waals surface area contributed by atoms with Crippen molar-refractivity contribution < 1.29 is 4.79 Å². The molecule has 0 aliphatic rings. The number of rotatable bonds is 3. The number of ketones is 1. The smallest absolute Gasteiger partial charge is 0.196 e. The molecule has 96 valence electrons. The summed E-state index contributed by atoms with van der Waals surface area (Å²) >= 11 is 1.35. The number of benzene rings is 1. The number of thiazole rings is 1. The van der Waals surface area contributed by atoms with Crippen molar-refractivity contribution in [3.8, 4) is 6.07 Å². The Labute approximate surface area is 116 Å². The van der Waals surface area contributed by atoms with Crippen molar-refractivity contribution >= 4 is 17.1 Å². The van der Waals surface area contributed by atoms with Gasteiger partial charge >= 0.3 is 0 Å². The van der Waals surface area contributed by atoms with Crippen LogP contribution < -0.4 is 0 Å². The topological polar surface area (TPSA) is 53.8 Å². The molecule has 0 fully saturated rings. The Morgan fingerprint density at radius 2 is 2.11 bits per heavy atom. The molecule has 2 rings (SSSR count). The van der Waals surface area contributed by atoms with E-state index < -0.39 is 5.92 Å². The number of aryl methyl sites for hydroxylation is 3. The van der Waals surface area contributed by atoms with Gasteiger partial charge < -0.3 is 0 Å². The molecule has 0 aliphatic carbocycles. The van der Waals surface area contributed by atoms with Crippen molar-refractivity contribution in [2.24, 2.45) is 0 Å². The van der Waals surface area contributed by atoms with Crippen molar-refractivity contribution in [2.45, 2.75) is 26.7 Å². The van der Waals surface area contributed by atoms with E-state index in [4.69, 9.17) is 0 Å². The minimum absolute atomic E-state index is 0.156. The monoisotopic (exact) mass is 270 g/mol. The Bertz CT molecular complexity index is 667. The van der Waals surface area contributed by atoms with Gasteiger partial charge in [-0.25, -0.2) is 4.98 Å². The van der Waals surface area contributed by atoms with Crippen LogP contribution in [-0.2, 0) is 0 Å². The van der Waals surface area contributed by atoms with E-state index in [-0.39, 0.29) is 5.78 Å².